The molecule has 1 saturated heterocycles. The van der Waals surface area contributed by atoms with Crippen LogP contribution < -0.4 is 5.73 Å². The zero-order chi connectivity index (χ0) is 15.0. The van der Waals surface area contributed by atoms with Crippen molar-refractivity contribution in [3.63, 3.8) is 0 Å². The molecular formula is C15H28N2O3. The van der Waals surface area contributed by atoms with E-state index in [1.54, 1.807) is 4.90 Å². The highest BCUT2D eigenvalue weighted by atomic mass is 16.5. The molecule has 0 aromatic carbocycles. The first-order valence-corrected chi connectivity index (χ1v) is 7.56. The Hall–Kier alpha value is -0.650. The van der Waals surface area contributed by atoms with Gasteiger partial charge in [-0.05, 0) is 13.3 Å². The molecule has 2 N–H and O–H groups in total. The second-order valence-electron chi connectivity index (χ2n) is 6.76. The molecule has 2 rings (SSSR count). The van der Waals surface area contributed by atoms with Crippen molar-refractivity contribution in [1.82, 2.24) is 4.90 Å². The first-order chi connectivity index (χ1) is 9.33. The molecule has 116 valence electrons. The quantitative estimate of drug-likeness (QED) is 0.818. The van der Waals surface area contributed by atoms with Gasteiger partial charge in [0.2, 0.25) is 5.91 Å². The largest absolute Gasteiger partial charge is 0.381 e. The van der Waals surface area contributed by atoms with Crippen molar-refractivity contribution in [2.75, 3.05) is 33.4 Å². The number of amides is 1. The number of nitrogens with zero attached hydrogens (tertiary/aromatic N) is 1. The van der Waals surface area contributed by atoms with Gasteiger partial charge in [0.1, 0.15) is 5.54 Å². The fourth-order valence-corrected chi connectivity index (χ4v) is 3.34. The summed E-state index contributed by atoms with van der Waals surface area (Å²) in [4.78, 5) is 14.5. The minimum atomic E-state index is -0.805. The van der Waals surface area contributed by atoms with E-state index >= 15 is 0 Å². The standard InChI is InChI=1S/C15H28N2O3/c1-5-20-12-8-15(16,14(12,2)3)13(18)17(4)9-11-6-7-19-10-11/h11-12H,5-10,16H2,1-4H3. The Morgan fingerprint density at radius 1 is 1.50 bits per heavy atom. The van der Waals surface area contributed by atoms with Crippen molar-refractivity contribution in [1.29, 1.82) is 0 Å². The molecule has 1 saturated carbocycles. The van der Waals surface area contributed by atoms with E-state index in [1.807, 2.05) is 27.8 Å². The molecular weight excluding hydrogens is 256 g/mol. The van der Waals surface area contributed by atoms with E-state index in [2.05, 4.69) is 0 Å². The highest BCUT2D eigenvalue weighted by molar-refractivity contribution is 5.88. The molecule has 5 heteroatoms. The molecule has 0 radical (unpaired) electrons. The van der Waals surface area contributed by atoms with Crippen LogP contribution in [0.2, 0.25) is 0 Å². The smallest absolute Gasteiger partial charge is 0.243 e. The van der Waals surface area contributed by atoms with Gasteiger partial charge in [0.25, 0.3) is 0 Å². The number of hydrogen-bond donors (Lipinski definition) is 1. The van der Waals surface area contributed by atoms with E-state index < -0.39 is 5.54 Å². The summed E-state index contributed by atoms with van der Waals surface area (Å²) >= 11 is 0. The van der Waals surface area contributed by atoms with E-state index in [0.29, 0.717) is 18.9 Å². The third kappa shape index (κ3) is 2.47. The Bertz CT molecular complexity index is 366. The Balaban J connectivity index is 1.97. The molecule has 3 unspecified atom stereocenters. The summed E-state index contributed by atoms with van der Waals surface area (Å²) in [7, 11) is 1.85. The van der Waals surface area contributed by atoms with Gasteiger partial charge in [-0.15, -0.1) is 0 Å². The minimum Gasteiger partial charge on any atom is -0.381 e. The molecule has 0 spiro atoms. The van der Waals surface area contributed by atoms with Crippen molar-refractivity contribution in [2.24, 2.45) is 17.1 Å². The van der Waals surface area contributed by atoms with Crippen LogP contribution in [0, 0.1) is 11.3 Å². The van der Waals surface area contributed by atoms with Gasteiger partial charge in [-0.1, -0.05) is 13.8 Å². The molecule has 1 heterocycles. The van der Waals surface area contributed by atoms with Crippen molar-refractivity contribution >= 4 is 5.91 Å². The zero-order valence-electron chi connectivity index (χ0n) is 13.1. The second-order valence-corrected chi connectivity index (χ2v) is 6.76. The van der Waals surface area contributed by atoms with Crippen LogP contribution in [0.15, 0.2) is 0 Å². The third-order valence-electron chi connectivity index (χ3n) is 5.11. The predicted molar refractivity (Wildman–Crippen MR) is 77.3 cm³/mol. The summed E-state index contributed by atoms with van der Waals surface area (Å²) in [6.45, 7) is 8.97. The molecule has 0 aromatic heterocycles. The number of likely N-dealkylation sites (N-methyl/N-ethyl adjacent to an activating group) is 1. The molecule has 1 amide bonds. The van der Waals surface area contributed by atoms with Gasteiger partial charge in [0, 0.05) is 44.6 Å². The normalized spacial score (nSPS) is 35.6. The third-order valence-corrected chi connectivity index (χ3v) is 5.11. The lowest BCUT2D eigenvalue weighted by Crippen LogP contribution is -2.75. The lowest BCUT2D eigenvalue weighted by molar-refractivity contribution is -0.178. The maximum Gasteiger partial charge on any atom is 0.243 e. The molecule has 20 heavy (non-hydrogen) atoms. The zero-order valence-corrected chi connectivity index (χ0v) is 13.1. The summed E-state index contributed by atoms with van der Waals surface area (Å²) in [6, 6.07) is 0. The molecule has 1 aliphatic carbocycles. The fraction of sp³-hybridized carbons (Fsp3) is 0.933. The molecule has 5 nitrogen and oxygen atoms in total. The first-order valence-electron chi connectivity index (χ1n) is 7.56. The molecule has 3 atom stereocenters. The number of ether oxygens (including phenoxy) is 2. The second kappa shape index (κ2) is 5.62. The molecule has 2 fully saturated rings. The predicted octanol–water partition coefficient (Wildman–Crippen LogP) is 1.01. The van der Waals surface area contributed by atoms with Gasteiger partial charge in [0.15, 0.2) is 0 Å². The number of carbonyl (C=O) groups is 1. The number of hydrogen-bond acceptors (Lipinski definition) is 4. The van der Waals surface area contributed by atoms with Gasteiger partial charge in [-0.25, -0.2) is 0 Å². The van der Waals surface area contributed by atoms with E-state index in [9.17, 15) is 4.79 Å². The van der Waals surface area contributed by atoms with Gasteiger partial charge in [0.05, 0.1) is 12.7 Å². The van der Waals surface area contributed by atoms with Crippen LogP contribution in [0.25, 0.3) is 0 Å². The SMILES string of the molecule is CCOC1CC(N)(C(=O)N(C)CC2CCOC2)C1(C)C. The van der Waals surface area contributed by atoms with E-state index in [1.165, 1.54) is 0 Å². The van der Waals surface area contributed by atoms with Crippen molar-refractivity contribution < 1.29 is 14.3 Å². The summed E-state index contributed by atoms with van der Waals surface area (Å²) < 4.78 is 11.0. The van der Waals surface area contributed by atoms with Crippen LogP contribution in [0.1, 0.15) is 33.6 Å². The van der Waals surface area contributed by atoms with Crippen LogP contribution in [-0.4, -0.2) is 55.9 Å². The van der Waals surface area contributed by atoms with E-state index in [-0.39, 0.29) is 17.4 Å². The van der Waals surface area contributed by atoms with Crippen molar-refractivity contribution in [3.8, 4) is 0 Å². The minimum absolute atomic E-state index is 0.0327. The monoisotopic (exact) mass is 284 g/mol. The highest BCUT2D eigenvalue weighted by Crippen LogP contribution is 2.50. The molecule has 2 aliphatic rings. The summed E-state index contributed by atoms with van der Waals surface area (Å²) in [5, 5.41) is 0. The summed E-state index contributed by atoms with van der Waals surface area (Å²) in [5.74, 6) is 0.476. The average Bonchev–Trinajstić information content (AvgIpc) is 2.90. The topological polar surface area (TPSA) is 64.8 Å². The maximum atomic E-state index is 12.7. The lowest BCUT2D eigenvalue weighted by Gasteiger charge is -2.58. The Labute approximate surface area is 121 Å². The Morgan fingerprint density at radius 3 is 2.70 bits per heavy atom. The van der Waals surface area contributed by atoms with Crippen LogP contribution in [0.3, 0.4) is 0 Å². The van der Waals surface area contributed by atoms with Gasteiger partial charge in [-0.3, -0.25) is 4.79 Å². The molecule has 1 aliphatic heterocycles. The summed E-state index contributed by atoms with van der Waals surface area (Å²) in [5.41, 5.74) is 5.29. The Morgan fingerprint density at radius 2 is 2.20 bits per heavy atom. The van der Waals surface area contributed by atoms with Gasteiger partial charge < -0.3 is 20.1 Å². The average molecular weight is 284 g/mol. The lowest BCUT2D eigenvalue weighted by atomic mass is 9.54. The highest BCUT2D eigenvalue weighted by Gasteiger charge is 2.63. The fourth-order valence-electron chi connectivity index (χ4n) is 3.34. The number of rotatable bonds is 5. The van der Waals surface area contributed by atoms with E-state index in [0.717, 1.165) is 26.2 Å². The van der Waals surface area contributed by atoms with E-state index in [4.69, 9.17) is 15.2 Å². The van der Waals surface area contributed by atoms with Gasteiger partial charge >= 0.3 is 0 Å². The van der Waals surface area contributed by atoms with Crippen LogP contribution in [0.5, 0.6) is 0 Å². The van der Waals surface area contributed by atoms with Crippen LogP contribution in [0.4, 0.5) is 0 Å². The van der Waals surface area contributed by atoms with Crippen LogP contribution >= 0.6 is 0 Å². The summed E-state index contributed by atoms with van der Waals surface area (Å²) in [6.07, 6.45) is 1.71. The maximum absolute atomic E-state index is 12.7. The van der Waals surface area contributed by atoms with Gasteiger partial charge in [-0.2, -0.15) is 0 Å². The van der Waals surface area contributed by atoms with Crippen molar-refractivity contribution in [2.45, 2.75) is 45.3 Å². The van der Waals surface area contributed by atoms with Crippen LogP contribution in [-0.2, 0) is 14.3 Å². The first kappa shape index (κ1) is 15.7. The van der Waals surface area contributed by atoms with Crippen molar-refractivity contribution in [3.05, 3.63) is 0 Å². The number of carbonyl (C=O) groups excluding carboxylic acids is 1. The molecule has 0 bridgehead atoms. The molecule has 0 aromatic rings. The Kier molecular flexibility index (Phi) is 4.42. The number of nitrogens with two attached hydrogens (primary N) is 1.